The Kier molecular flexibility index (Phi) is 9.32. The molecule has 0 aromatic carbocycles. The van der Waals surface area contributed by atoms with Gasteiger partial charge in [-0.3, -0.25) is 0 Å². The quantitative estimate of drug-likeness (QED) is 0.498. The maximum absolute atomic E-state index is 12.0. The van der Waals surface area contributed by atoms with Crippen molar-refractivity contribution in [3.05, 3.63) is 0 Å². The van der Waals surface area contributed by atoms with Crippen LogP contribution in [0.4, 0.5) is 13.2 Å². The van der Waals surface area contributed by atoms with Crippen molar-refractivity contribution in [2.45, 2.75) is 64.5 Å². The van der Waals surface area contributed by atoms with Crippen molar-refractivity contribution in [1.82, 2.24) is 5.32 Å². The van der Waals surface area contributed by atoms with Crippen LogP contribution in [0.25, 0.3) is 0 Å². The van der Waals surface area contributed by atoms with Gasteiger partial charge in [0.1, 0.15) is 6.61 Å². The maximum atomic E-state index is 12.0. The van der Waals surface area contributed by atoms with Crippen LogP contribution in [0.2, 0.25) is 0 Å². The van der Waals surface area contributed by atoms with Crippen molar-refractivity contribution in [3.8, 4) is 0 Å². The summed E-state index contributed by atoms with van der Waals surface area (Å²) < 4.78 is 40.7. The Morgan fingerprint density at radius 2 is 1.81 bits per heavy atom. The second kappa shape index (κ2) is 10.4. The maximum Gasteiger partial charge on any atom is 0.411 e. The van der Waals surface area contributed by atoms with E-state index in [9.17, 15) is 13.2 Å². The standard InChI is InChI=1S/C16H30F3NO/c1-2-10-20-12-15-8-5-3-4-7-14(15)9-6-11-21-13-16(17,18)19/h14-15,20H,2-13H2,1H3. The highest BCUT2D eigenvalue weighted by atomic mass is 19.4. The fourth-order valence-electron chi connectivity index (χ4n) is 3.21. The minimum absolute atomic E-state index is 0.227. The Labute approximate surface area is 126 Å². The molecule has 2 nitrogen and oxygen atoms in total. The first kappa shape index (κ1) is 18.8. The second-order valence-electron chi connectivity index (χ2n) is 6.17. The van der Waals surface area contributed by atoms with E-state index in [1.54, 1.807) is 0 Å². The molecule has 5 heteroatoms. The summed E-state index contributed by atoms with van der Waals surface area (Å²) in [7, 11) is 0. The van der Waals surface area contributed by atoms with E-state index >= 15 is 0 Å². The van der Waals surface area contributed by atoms with E-state index in [1.165, 1.54) is 32.1 Å². The average Bonchev–Trinajstić information content (AvgIpc) is 2.63. The van der Waals surface area contributed by atoms with Gasteiger partial charge in [0.25, 0.3) is 0 Å². The summed E-state index contributed by atoms with van der Waals surface area (Å²) in [6.07, 6.45) is 5.00. The van der Waals surface area contributed by atoms with Crippen molar-refractivity contribution in [2.24, 2.45) is 11.8 Å². The molecule has 1 fully saturated rings. The molecule has 1 saturated carbocycles. The molecule has 2 unspecified atom stereocenters. The first-order chi connectivity index (χ1) is 10.0. The normalized spacial score (nSPS) is 24.0. The van der Waals surface area contributed by atoms with Gasteiger partial charge in [-0.1, -0.05) is 32.6 Å². The molecule has 2 atom stereocenters. The van der Waals surface area contributed by atoms with Crippen molar-refractivity contribution in [3.63, 3.8) is 0 Å². The Balaban J connectivity index is 2.23. The lowest BCUT2D eigenvalue weighted by Gasteiger charge is -2.25. The molecule has 0 radical (unpaired) electrons. The Hall–Kier alpha value is -0.290. The van der Waals surface area contributed by atoms with Crippen molar-refractivity contribution in [2.75, 3.05) is 26.3 Å². The van der Waals surface area contributed by atoms with Gasteiger partial charge in [0.15, 0.2) is 0 Å². The van der Waals surface area contributed by atoms with Gasteiger partial charge in [0.05, 0.1) is 0 Å². The number of ether oxygens (including phenoxy) is 1. The average molecular weight is 309 g/mol. The molecule has 126 valence electrons. The third kappa shape index (κ3) is 9.35. The Bertz CT molecular complexity index is 258. The highest BCUT2D eigenvalue weighted by Crippen LogP contribution is 2.31. The molecular weight excluding hydrogens is 279 g/mol. The summed E-state index contributed by atoms with van der Waals surface area (Å²) in [4.78, 5) is 0. The highest BCUT2D eigenvalue weighted by molar-refractivity contribution is 4.76. The van der Waals surface area contributed by atoms with Crippen LogP contribution >= 0.6 is 0 Å². The lowest BCUT2D eigenvalue weighted by molar-refractivity contribution is -0.174. The van der Waals surface area contributed by atoms with Crippen LogP contribution < -0.4 is 5.32 Å². The van der Waals surface area contributed by atoms with Crippen molar-refractivity contribution < 1.29 is 17.9 Å². The number of hydrogen-bond acceptors (Lipinski definition) is 2. The van der Waals surface area contributed by atoms with Crippen LogP contribution in [0.15, 0.2) is 0 Å². The van der Waals surface area contributed by atoms with Crippen LogP contribution in [0.1, 0.15) is 58.3 Å². The minimum atomic E-state index is -4.20. The molecule has 0 amide bonds. The van der Waals surface area contributed by atoms with Gasteiger partial charge >= 0.3 is 6.18 Å². The smallest absolute Gasteiger partial charge is 0.372 e. The molecule has 1 aliphatic rings. The van der Waals surface area contributed by atoms with Gasteiger partial charge in [-0.05, 0) is 50.6 Å². The summed E-state index contributed by atoms with van der Waals surface area (Å²) in [5, 5.41) is 3.50. The molecule has 0 heterocycles. The van der Waals surface area contributed by atoms with Gasteiger partial charge in [-0.15, -0.1) is 0 Å². The molecule has 0 aliphatic heterocycles. The molecule has 0 aromatic rings. The van der Waals surface area contributed by atoms with E-state index in [1.807, 2.05) is 0 Å². The van der Waals surface area contributed by atoms with Gasteiger partial charge in [0.2, 0.25) is 0 Å². The van der Waals surface area contributed by atoms with Crippen LogP contribution in [0.3, 0.4) is 0 Å². The predicted molar refractivity (Wildman–Crippen MR) is 79.3 cm³/mol. The van der Waals surface area contributed by atoms with Gasteiger partial charge < -0.3 is 10.1 Å². The molecule has 1 rings (SSSR count). The van der Waals surface area contributed by atoms with E-state index in [-0.39, 0.29) is 6.61 Å². The van der Waals surface area contributed by atoms with E-state index in [0.717, 1.165) is 32.4 Å². The van der Waals surface area contributed by atoms with Crippen LogP contribution in [-0.2, 0) is 4.74 Å². The van der Waals surface area contributed by atoms with E-state index in [0.29, 0.717) is 11.8 Å². The largest absolute Gasteiger partial charge is 0.411 e. The zero-order valence-electron chi connectivity index (χ0n) is 13.2. The summed E-state index contributed by atoms with van der Waals surface area (Å²) in [5.41, 5.74) is 0. The molecular formula is C16H30F3NO. The topological polar surface area (TPSA) is 21.3 Å². The van der Waals surface area contributed by atoms with E-state index in [4.69, 9.17) is 4.74 Å². The monoisotopic (exact) mass is 309 g/mol. The molecule has 1 aliphatic carbocycles. The van der Waals surface area contributed by atoms with E-state index < -0.39 is 12.8 Å². The summed E-state index contributed by atoms with van der Waals surface area (Å²) in [6.45, 7) is 3.39. The number of rotatable bonds is 9. The lowest BCUT2D eigenvalue weighted by atomic mass is 9.84. The number of alkyl halides is 3. The number of nitrogens with one attached hydrogen (secondary N) is 1. The zero-order valence-corrected chi connectivity index (χ0v) is 13.2. The van der Waals surface area contributed by atoms with Gasteiger partial charge in [0, 0.05) is 6.61 Å². The summed E-state index contributed by atoms with van der Waals surface area (Å²) >= 11 is 0. The van der Waals surface area contributed by atoms with Crippen LogP contribution in [0, 0.1) is 11.8 Å². The molecule has 21 heavy (non-hydrogen) atoms. The molecule has 1 N–H and O–H groups in total. The van der Waals surface area contributed by atoms with Crippen molar-refractivity contribution in [1.29, 1.82) is 0 Å². The number of halogens is 3. The van der Waals surface area contributed by atoms with Gasteiger partial charge in [-0.25, -0.2) is 0 Å². The van der Waals surface area contributed by atoms with Crippen LogP contribution in [-0.4, -0.2) is 32.5 Å². The summed E-state index contributed by atoms with van der Waals surface area (Å²) in [5.74, 6) is 1.33. The third-order valence-corrected chi connectivity index (χ3v) is 4.28. The SMILES string of the molecule is CCCNCC1CCCCCC1CCCOCC(F)(F)F. The number of hydrogen-bond donors (Lipinski definition) is 1. The van der Waals surface area contributed by atoms with E-state index in [2.05, 4.69) is 12.2 Å². The molecule has 0 saturated heterocycles. The second-order valence-corrected chi connectivity index (χ2v) is 6.17. The zero-order chi connectivity index (χ0) is 15.6. The van der Waals surface area contributed by atoms with Gasteiger partial charge in [-0.2, -0.15) is 13.2 Å². The molecule has 0 aromatic heterocycles. The Morgan fingerprint density at radius 1 is 1.10 bits per heavy atom. The van der Waals surface area contributed by atoms with Crippen molar-refractivity contribution >= 4 is 0 Å². The van der Waals surface area contributed by atoms with Crippen LogP contribution in [0.5, 0.6) is 0 Å². The summed E-state index contributed by atoms with van der Waals surface area (Å²) in [6, 6.07) is 0. The Morgan fingerprint density at radius 3 is 2.48 bits per heavy atom. The lowest BCUT2D eigenvalue weighted by Crippen LogP contribution is -2.28. The fraction of sp³-hybridized carbons (Fsp3) is 1.00. The first-order valence-electron chi connectivity index (χ1n) is 8.38. The third-order valence-electron chi connectivity index (χ3n) is 4.28. The fourth-order valence-corrected chi connectivity index (χ4v) is 3.21. The minimum Gasteiger partial charge on any atom is -0.372 e. The predicted octanol–water partition coefficient (Wildman–Crippen LogP) is 4.54. The highest BCUT2D eigenvalue weighted by Gasteiger charge is 2.27. The molecule has 0 bridgehead atoms. The first-order valence-corrected chi connectivity index (χ1v) is 8.38. The molecule has 0 spiro atoms.